The first-order valence-corrected chi connectivity index (χ1v) is 8.24. The number of carbonyl (C=O) groups is 1. The Kier molecular flexibility index (Phi) is 6.53. The Morgan fingerprint density at radius 2 is 2.17 bits per heavy atom. The summed E-state index contributed by atoms with van der Waals surface area (Å²) in [7, 11) is 0. The van der Waals surface area contributed by atoms with E-state index in [9.17, 15) is 4.79 Å². The van der Waals surface area contributed by atoms with E-state index in [2.05, 4.69) is 28.2 Å². The molecule has 0 fully saturated rings. The molecular formula is C13H17BrClNOS. The summed E-state index contributed by atoms with van der Waals surface area (Å²) in [6.45, 7) is 4.05. The van der Waals surface area contributed by atoms with Crippen LogP contribution in [0.4, 0.5) is 0 Å². The zero-order valence-electron chi connectivity index (χ0n) is 10.7. The Hall–Kier alpha value is -0.190. The summed E-state index contributed by atoms with van der Waals surface area (Å²) in [6.07, 6.45) is 2.85. The van der Waals surface area contributed by atoms with Crippen molar-refractivity contribution in [3.05, 3.63) is 28.8 Å². The van der Waals surface area contributed by atoms with E-state index in [1.807, 2.05) is 25.3 Å². The van der Waals surface area contributed by atoms with Crippen LogP contribution in [0.3, 0.4) is 0 Å². The summed E-state index contributed by atoms with van der Waals surface area (Å²) in [4.78, 5) is 13.5. The maximum atomic E-state index is 12.1. The van der Waals surface area contributed by atoms with Crippen LogP contribution in [-0.2, 0) is 0 Å². The van der Waals surface area contributed by atoms with Crippen molar-refractivity contribution in [3.63, 3.8) is 0 Å². The number of hydrogen-bond donors (Lipinski definition) is 1. The number of amides is 1. The van der Waals surface area contributed by atoms with Crippen molar-refractivity contribution in [2.24, 2.45) is 0 Å². The fourth-order valence-corrected chi connectivity index (χ4v) is 2.86. The van der Waals surface area contributed by atoms with Crippen LogP contribution in [0, 0.1) is 0 Å². The number of thioether (sulfide) groups is 1. The molecule has 2 atom stereocenters. The zero-order valence-corrected chi connectivity index (χ0v) is 13.8. The number of carbonyl (C=O) groups excluding carboxylic acids is 1. The molecule has 0 spiro atoms. The van der Waals surface area contributed by atoms with E-state index >= 15 is 0 Å². The number of benzene rings is 1. The van der Waals surface area contributed by atoms with Crippen LogP contribution < -0.4 is 5.32 Å². The van der Waals surface area contributed by atoms with E-state index in [1.165, 1.54) is 0 Å². The lowest BCUT2D eigenvalue weighted by Crippen LogP contribution is -2.34. The molecule has 1 N–H and O–H groups in total. The molecule has 0 bridgehead atoms. The number of alkyl halides is 1. The highest BCUT2D eigenvalue weighted by Gasteiger charge is 2.14. The molecule has 0 aliphatic carbocycles. The van der Waals surface area contributed by atoms with E-state index in [1.54, 1.807) is 17.8 Å². The summed E-state index contributed by atoms with van der Waals surface area (Å²) in [5.74, 6) is -0.114. The minimum Gasteiger partial charge on any atom is -0.350 e. The van der Waals surface area contributed by atoms with Crippen LogP contribution in [0.25, 0.3) is 0 Å². The number of hydrogen-bond acceptors (Lipinski definition) is 2. The molecule has 0 saturated heterocycles. The van der Waals surface area contributed by atoms with Gasteiger partial charge in [-0.3, -0.25) is 4.79 Å². The summed E-state index contributed by atoms with van der Waals surface area (Å²) >= 11 is 11.1. The fraction of sp³-hybridized carbons (Fsp3) is 0.462. The van der Waals surface area contributed by atoms with Crippen molar-refractivity contribution >= 4 is 45.2 Å². The van der Waals surface area contributed by atoms with Gasteiger partial charge in [0.05, 0.1) is 10.6 Å². The molecule has 0 saturated carbocycles. The van der Waals surface area contributed by atoms with Gasteiger partial charge in [0.15, 0.2) is 0 Å². The van der Waals surface area contributed by atoms with Gasteiger partial charge in [0.2, 0.25) is 0 Å². The molecule has 0 radical (unpaired) electrons. The lowest BCUT2D eigenvalue weighted by molar-refractivity contribution is 0.0938. The highest BCUT2D eigenvalue weighted by Crippen LogP contribution is 2.23. The topological polar surface area (TPSA) is 29.1 Å². The van der Waals surface area contributed by atoms with E-state index in [0.29, 0.717) is 15.4 Å². The average molecular weight is 351 g/mol. The molecule has 0 aromatic heterocycles. The lowest BCUT2D eigenvalue weighted by Gasteiger charge is -2.16. The zero-order chi connectivity index (χ0) is 13.7. The highest BCUT2D eigenvalue weighted by molar-refractivity contribution is 9.09. The average Bonchev–Trinajstić information content (AvgIpc) is 2.28. The third-order valence-corrected chi connectivity index (χ3v) is 3.90. The molecule has 0 heterocycles. The van der Waals surface area contributed by atoms with Gasteiger partial charge in [0.1, 0.15) is 0 Å². The van der Waals surface area contributed by atoms with Gasteiger partial charge in [0, 0.05) is 15.8 Å². The molecular weight excluding hydrogens is 334 g/mol. The molecule has 0 aliphatic heterocycles. The third-order valence-electron chi connectivity index (χ3n) is 2.47. The van der Waals surface area contributed by atoms with Crippen LogP contribution in [0.5, 0.6) is 0 Å². The van der Waals surface area contributed by atoms with E-state index in [4.69, 9.17) is 11.6 Å². The standard InChI is InChI=1S/C13H17BrClNOS/c1-8(14)6-9(2)16-13(17)11-7-10(18-3)4-5-12(11)15/h4-5,7-9H,6H2,1-3H3,(H,16,17). The smallest absolute Gasteiger partial charge is 0.253 e. The van der Waals surface area contributed by atoms with E-state index in [-0.39, 0.29) is 11.9 Å². The first kappa shape index (κ1) is 15.9. The maximum absolute atomic E-state index is 12.1. The normalized spacial score (nSPS) is 14.1. The van der Waals surface area contributed by atoms with Crippen molar-refractivity contribution in [3.8, 4) is 0 Å². The van der Waals surface area contributed by atoms with Crippen molar-refractivity contribution in [1.82, 2.24) is 5.32 Å². The first-order valence-electron chi connectivity index (χ1n) is 5.72. The van der Waals surface area contributed by atoms with Crippen LogP contribution in [0.1, 0.15) is 30.6 Å². The van der Waals surface area contributed by atoms with Crippen LogP contribution in [0.15, 0.2) is 23.1 Å². The fourth-order valence-electron chi connectivity index (χ4n) is 1.65. The predicted molar refractivity (Wildman–Crippen MR) is 83.2 cm³/mol. The van der Waals surface area contributed by atoms with Crippen molar-refractivity contribution < 1.29 is 4.79 Å². The van der Waals surface area contributed by atoms with Crippen molar-refractivity contribution in [2.75, 3.05) is 6.26 Å². The second kappa shape index (κ2) is 7.41. The Bertz CT molecular complexity index is 425. The molecule has 18 heavy (non-hydrogen) atoms. The molecule has 2 unspecified atom stereocenters. The predicted octanol–water partition coefficient (Wildman–Crippen LogP) is 4.35. The molecule has 1 amide bonds. The molecule has 100 valence electrons. The monoisotopic (exact) mass is 349 g/mol. The SMILES string of the molecule is CSc1ccc(Cl)c(C(=O)NC(C)CC(C)Br)c1. The third kappa shape index (κ3) is 4.82. The summed E-state index contributed by atoms with van der Waals surface area (Å²) < 4.78 is 0. The Morgan fingerprint density at radius 1 is 1.50 bits per heavy atom. The minimum atomic E-state index is -0.114. The van der Waals surface area contributed by atoms with Crippen molar-refractivity contribution in [2.45, 2.75) is 36.0 Å². The Balaban J connectivity index is 2.77. The van der Waals surface area contributed by atoms with Crippen LogP contribution in [-0.4, -0.2) is 23.0 Å². The van der Waals surface area contributed by atoms with Gasteiger partial charge in [-0.2, -0.15) is 0 Å². The van der Waals surface area contributed by atoms with E-state index < -0.39 is 0 Å². The summed E-state index contributed by atoms with van der Waals surface area (Å²) in [5.41, 5.74) is 0.539. The molecule has 0 aliphatic rings. The van der Waals surface area contributed by atoms with Gasteiger partial charge >= 0.3 is 0 Å². The summed E-state index contributed by atoms with van der Waals surface area (Å²) in [6, 6.07) is 5.61. The molecule has 1 aromatic carbocycles. The van der Waals surface area contributed by atoms with Gasteiger partial charge in [-0.15, -0.1) is 11.8 Å². The molecule has 5 heteroatoms. The largest absolute Gasteiger partial charge is 0.350 e. The maximum Gasteiger partial charge on any atom is 0.253 e. The second-order valence-corrected chi connectivity index (χ2v) is 7.09. The molecule has 1 rings (SSSR count). The van der Waals surface area contributed by atoms with Gasteiger partial charge in [-0.05, 0) is 37.8 Å². The second-order valence-electron chi connectivity index (χ2n) is 4.24. The minimum absolute atomic E-state index is 0.112. The summed E-state index contributed by atoms with van der Waals surface area (Å²) in [5, 5.41) is 3.45. The number of rotatable bonds is 5. The quantitative estimate of drug-likeness (QED) is 0.631. The van der Waals surface area contributed by atoms with E-state index in [0.717, 1.165) is 11.3 Å². The first-order chi connectivity index (χ1) is 8.43. The van der Waals surface area contributed by atoms with Gasteiger partial charge in [0.25, 0.3) is 5.91 Å². The number of nitrogens with one attached hydrogen (secondary N) is 1. The lowest BCUT2D eigenvalue weighted by atomic mass is 10.1. The van der Waals surface area contributed by atoms with Gasteiger partial charge < -0.3 is 5.32 Å². The Morgan fingerprint density at radius 3 is 2.72 bits per heavy atom. The molecule has 1 aromatic rings. The Labute approximate surface area is 126 Å². The van der Waals surface area contributed by atoms with Crippen LogP contribution in [0.2, 0.25) is 5.02 Å². The van der Waals surface area contributed by atoms with Gasteiger partial charge in [-0.1, -0.05) is 34.5 Å². The van der Waals surface area contributed by atoms with Crippen molar-refractivity contribution in [1.29, 1.82) is 0 Å². The van der Waals surface area contributed by atoms with Gasteiger partial charge in [-0.25, -0.2) is 0 Å². The van der Waals surface area contributed by atoms with Crippen LogP contribution >= 0.6 is 39.3 Å². The highest BCUT2D eigenvalue weighted by atomic mass is 79.9. The molecule has 2 nitrogen and oxygen atoms in total. The number of halogens is 2.